The van der Waals surface area contributed by atoms with Crippen LogP contribution in [-0.4, -0.2) is 44.6 Å². The molecule has 1 N–H and O–H groups in total. The van der Waals surface area contributed by atoms with Gasteiger partial charge in [-0.3, -0.25) is 4.72 Å². The minimum Gasteiger partial charge on any atom is -0.459 e. The van der Waals surface area contributed by atoms with Gasteiger partial charge >= 0.3 is 13.1 Å². The lowest BCUT2D eigenvalue weighted by atomic mass is 9.70. The average Bonchev–Trinajstić information content (AvgIpc) is 3.13. The predicted molar refractivity (Wildman–Crippen MR) is 180 cm³/mol. The Labute approximate surface area is 269 Å². The van der Waals surface area contributed by atoms with E-state index in [1.165, 1.54) is 0 Å². The van der Waals surface area contributed by atoms with Crippen molar-refractivity contribution in [2.75, 3.05) is 11.0 Å². The third kappa shape index (κ3) is 7.80. The molecule has 1 heterocycles. The zero-order chi connectivity index (χ0) is 33.5. The van der Waals surface area contributed by atoms with Crippen LogP contribution in [0.5, 0.6) is 0 Å². The monoisotopic (exact) mass is 635 g/mol. The second kappa shape index (κ2) is 12.6. The molecule has 242 valence electrons. The number of ether oxygens (including phenoxy) is 2. The number of anilines is 1. The molecule has 1 aliphatic rings. The van der Waals surface area contributed by atoms with Crippen LogP contribution in [0.1, 0.15) is 82.4 Å². The van der Waals surface area contributed by atoms with Gasteiger partial charge < -0.3 is 18.8 Å². The zero-order valence-corrected chi connectivity index (χ0v) is 29.1. The lowest BCUT2D eigenvalue weighted by Crippen LogP contribution is -2.41. The van der Waals surface area contributed by atoms with E-state index in [-0.39, 0.29) is 12.3 Å². The molecule has 0 amide bonds. The number of esters is 1. The van der Waals surface area contributed by atoms with E-state index in [0.717, 1.165) is 28.5 Å². The normalized spacial score (nSPS) is 16.8. The van der Waals surface area contributed by atoms with E-state index < -0.39 is 46.0 Å². The van der Waals surface area contributed by atoms with Crippen LogP contribution in [0.3, 0.4) is 0 Å². The van der Waals surface area contributed by atoms with Gasteiger partial charge in [0.05, 0.1) is 28.7 Å². The summed E-state index contributed by atoms with van der Waals surface area (Å²) in [6, 6.07) is 17.4. The first-order valence-electron chi connectivity index (χ1n) is 15.2. The van der Waals surface area contributed by atoms with Crippen molar-refractivity contribution in [3.63, 3.8) is 0 Å². The highest BCUT2D eigenvalue weighted by Gasteiger charge is 2.53. The first kappa shape index (κ1) is 34.7. The summed E-state index contributed by atoms with van der Waals surface area (Å²) in [5.74, 6) is -0.585. The van der Waals surface area contributed by atoms with Gasteiger partial charge in [-0.15, -0.1) is 0 Å². The van der Waals surface area contributed by atoms with Crippen molar-refractivity contribution < 1.29 is 32.0 Å². The summed E-state index contributed by atoms with van der Waals surface area (Å²) in [5.41, 5.74) is 3.90. The number of carbonyl (C=O) groups is 1. The summed E-state index contributed by atoms with van der Waals surface area (Å²) in [4.78, 5) is 14.1. The van der Waals surface area contributed by atoms with Crippen molar-refractivity contribution in [1.82, 2.24) is 0 Å². The molecule has 10 heteroatoms. The Balaban J connectivity index is 2.04. The Hall–Kier alpha value is -3.18. The van der Waals surface area contributed by atoms with Crippen LogP contribution in [0.2, 0.25) is 0 Å². The third-order valence-corrected chi connectivity index (χ3v) is 8.96. The van der Waals surface area contributed by atoms with Crippen LogP contribution in [0.4, 0.5) is 5.69 Å². The highest BCUT2D eigenvalue weighted by atomic mass is 32.2. The molecule has 0 unspecified atom stereocenters. The Bertz CT molecular complexity index is 1640. The van der Waals surface area contributed by atoms with Crippen LogP contribution in [0, 0.1) is 20.8 Å². The van der Waals surface area contributed by atoms with Crippen LogP contribution in [0.25, 0.3) is 11.1 Å². The van der Waals surface area contributed by atoms with Gasteiger partial charge in [-0.25, -0.2) is 13.2 Å². The van der Waals surface area contributed by atoms with Crippen molar-refractivity contribution in [2.45, 2.75) is 98.8 Å². The van der Waals surface area contributed by atoms with Crippen molar-refractivity contribution >= 4 is 34.3 Å². The molecule has 0 spiro atoms. The predicted octanol–water partition coefficient (Wildman–Crippen LogP) is 6.55. The van der Waals surface area contributed by atoms with Gasteiger partial charge in [-0.2, -0.15) is 0 Å². The quantitative estimate of drug-likeness (QED) is 0.210. The van der Waals surface area contributed by atoms with E-state index in [9.17, 15) is 13.2 Å². The fourth-order valence-corrected chi connectivity index (χ4v) is 6.06. The maximum absolute atomic E-state index is 14.1. The number of nitrogens with one attached hydrogen (secondary N) is 1. The van der Waals surface area contributed by atoms with Crippen LogP contribution >= 0.6 is 0 Å². The highest BCUT2D eigenvalue weighted by molar-refractivity contribution is 7.92. The Kier molecular flexibility index (Phi) is 9.68. The molecule has 0 bridgehead atoms. The van der Waals surface area contributed by atoms with Crippen LogP contribution in [-0.2, 0) is 40.2 Å². The van der Waals surface area contributed by atoms with Gasteiger partial charge in [0.15, 0.2) is 6.10 Å². The maximum Gasteiger partial charge on any atom is 0.497 e. The van der Waals surface area contributed by atoms with Gasteiger partial charge in [0.1, 0.15) is 6.61 Å². The van der Waals surface area contributed by atoms with E-state index >= 15 is 0 Å². The molecule has 3 aromatic rings. The van der Waals surface area contributed by atoms with Gasteiger partial charge in [0.2, 0.25) is 10.0 Å². The standard InChI is InChI=1S/C35H46BNO7S/c1-22-17-19-26(20-18-22)27-23(2)29(36-43-34(7,8)35(9,10)44-36)30(37-45(11,39)40)24(3)28(27)31(42-33(4,5)6)32(38)41-21-25-15-13-12-14-16-25/h12-20,31,37H,21H2,1-11H3/t31-/m0/s1. The first-order chi connectivity index (χ1) is 20.7. The number of hydrogen-bond donors (Lipinski definition) is 1. The first-order valence-corrected chi connectivity index (χ1v) is 17.1. The SMILES string of the molecule is Cc1ccc(-c2c(C)c(B3OC(C)(C)C(C)(C)O3)c(NS(C)(=O)=O)c(C)c2[C@H](OC(C)(C)C)C(=O)OCc2ccccc2)cc1. The molecule has 0 radical (unpaired) electrons. The van der Waals surface area contributed by atoms with E-state index in [1.807, 2.05) is 117 Å². The number of carbonyl (C=O) groups excluding carboxylic acids is 1. The maximum atomic E-state index is 14.1. The molecule has 1 atom stereocenters. The number of rotatable bonds is 9. The van der Waals surface area contributed by atoms with Gasteiger partial charge in [0, 0.05) is 11.0 Å². The summed E-state index contributed by atoms with van der Waals surface area (Å²) in [5, 5.41) is 0. The average molecular weight is 636 g/mol. The molecule has 8 nitrogen and oxygen atoms in total. The van der Waals surface area contributed by atoms with Crippen molar-refractivity contribution in [1.29, 1.82) is 0 Å². The molecular weight excluding hydrogens is 589 g/mol. The van der Waals surface area contributed by atoms with Crippen LogP contribution in [0.15, 0.2) is 54.6 Å². The minimum atomic E-state index is -3.77. The van der Waals surface area contributed by atoms with Crippen LogP contribution < -0.4 is 10.2 Å². The van der Waals surface area contributed by atoms with Crippen molar-refractivity contribution in [3.05, 3.63) is 82.4 Å². The smallest absolute Gasteiger partial charge is 0.459 e. The molecule has 1 saturated heterocycles. The number of hydrogen-bond acceptors (Lipinski definition) is 7. The summed E-state index contributed by atoms with van der Waals surface area (Å²) < 4.78 is 53.8. The van der Waals surface area contributed by atoms with Gasteiger partial charge in [-0.05, 0) is 97.1 Å². The molecule has 0 aliphatic carbocycles. The fraction of sp³-hybridized carbons (Fsp3) is 0.457. The van der Waals surface area contributed by atoms with Crippen molar-refractivity contribution in [2.24, 2.45) is 0 Å². The second-order valence-corrected chi connectivity index (χ2v) is 15.6. The molecule has 45 heavy (non-hydrogen) atoms. The highest BCUT2D eigenvalue weighted by Crippen LogP contribution is 2.43. The Morgan fingerprint density at radius 2 is 1.47 bits per heavy atom. The second-order valence-electron chi connectivity index (χ2n) is 13.9. The van der Waals surface area contributed by atoms with E-state index in [0.29, 0.717) is 22.2 Å². The van der Waals surface area contributed by atoms with Crippen molar-refractivity contribution in [3.8, 4) is 11.1 Å². The lowest BCUT2D eigenvalue weighted by Gasteiger charge is -2.32. The number of aryl methyl sites for hydroxylation is 1. The summed E-state index contributed by atoms with van der Waals surface area (Å²) in [6.45, 7) is 19.1. The topological polar surface area (TPSA) is 100 Å². The van der Waals surface area contributed by atoms with E-state index in [1.54, 1.807) is 6.92 Å². The van der Waals surface area contributed by atoms with E-state index in [2.05, 4.69) is 4.72 Å². The summed E-state index contributed by atoms with van der Waals surface area (Å²) in [7, 11) is -4.66. The molecule has 4 rings (SSSR count). The molecule has 1 aliphatic heterocycles. The molecule has 3 aromatic carbocycles. The number of sulfonamides is 1. The molecule has 0 aromatic heterocycles. The summed E-state index contributed by atoms with van der Waals surface area (Å²) >= 11 is 0. The van der Waals surface area contributed by atoms with E-state index in [4.69, 9.17) is 18.8 Å². The van der Waals surface area contributed by atoms with Gasteiger partial charge in [0.25, 0.3) is 0 Å². The summed E-state index contributed by atoms with van der Waals surface area (Å²) in [6.07, 6.45) is -0.0863. The Morgan fingerprint density at radius 1 is 0.911 bits per heavy atom. The Morgan fingerprint density at radius 3 is 1.98 bits per heavy atom. The lowest BCUT2D eigenvalue weighted by molar-refractivity contribution is -0.168. The molecule has 1 fully saturated rings. The largest absolute Gasteiger partial charge is 0.497 e. The zero-order valence-electron chi connectivity index (χ0n) is 28.3. The molecular formula is C35H46BNO7S. The third-order valence-electron chi connectivity index (χ3n) is 8.38. The fourth-order valence-electron chi connectivity index (χ4n) is 5.42. The minimum absolute atomic E-state index is 0.0576. The van der Waals surface area contributed by atoms with Gasteiger partial charge in [-0.1, -0.05) is 60.2 Å². The number of benzene rings is 3. The molecule has 0 saturated carbocycles.